The Labute approximate surface area is 125 Å². The first-order valence-electron chi connectivity index (χ1n) is 7.39. The Balaban J connectivity index is 2.20. The third-order valence-electron chi connectivity index (χ3n) is 3.64. The molecule has 0 aliphatic carbocycles. The molecule has 0 amide bonds. The quantitative estimate of drug-likeness (QED) is 0.869. The molecule has 0 spiro atoms. The normalized spacial score (nSPS) is 18.7. The summed E-state index contributed by atoms with van der Waals surface area (Å²) in [5, 5.41) is 19.1. The number of hydrogen-bond donors (Lipinski definition) is 2. The summed E-state index contributed by atoms with van der Waals surface area (Å²) in [6, 6.07) is 6.58. The lowest BCUT2D eigenvalue weighted by molar-refractivity contribution is -0.144. The van der Waals surface area contributed by atoms with Crippen molar-refractivity contribution in [3.05, 3.63) is 29.8 Å². The van der Waals surface area contributed by atoms with E-state index in [1.165, 1.54) is 0 Å². The molecule has 1 heterocycles. The van der Waals surface area contributed by atoms with Gasteiger partial charge in [0.05, 0.1) is 12.2 Å². The van der Waals surface area contributed by atoms with Crippen molar-refractivity contribution in [2.45, 2.75) is 44.9 Å². The molecule has 1 aromatic carbocycles. The largest absolute Gasteiger partial charge is 0.491 e. The van der Waals surface area contributed by atoms with Crippen molar-refractivity contribution in [1.82, 2.24) is 4.90 Å². The Bertz CT molecular complexity index is 481. The molecular formula is C16H23NO4. The third kappa shape index (κ3) is 4.19. The zero-order valence-corrected chi connectivity index (χ0v) is 12.5. The molecule has 5 heteroatoms. The van der Waals surface area contributed by atoms with Gasteiger partial charge in [-0.1, -0.05) is 12.1 Å². The standard InChI is InChI=1S/C16H23NO4/c1-11(2)21-14-5-3-4-12(10-14)15(16(19)20)17-8-6-13(18)7-9-17/h3-5,10-11,13,15,18H,6-9H2,1-2H3,(H,19,20). The highest BCUT2D eigenvalue weighted by Crippen LogP contribution is 2.27. The summed E-state index contributed by atoms with van der Waals surface area (Å²) < 4.78 is 5.64. The van der Waals surface area contributed by atoms with Crippen molar-refractivity contribution in [3.8, 4) is 5.75 Å². The smallest absolute Gasteiger partial charge is 0.325 e. The average Bonchev–Trinajstić information content (AvgIpc) is 2.40. The molecule has 2 N–H and O–H groups in total. The molecule has 116 valence electrons. The summed E-state index contributed by atoms with van der Waals surface area (Å²) in [5.41, 5.74) is 0.719. The number of aliphatic carboxylic acids is 1. The van der Waals surface area contributed by atoms with Crippen LogP contribution in [0, 0.1) is 0 Å². The number of carboxylic acid groups (broad SMARTS) is 1. The molecule has 1 aromatic rings. The highest BCUT2D eigenvalue weighted by atomic mass is 16.5. The molecule has 0 radical (unpaired) electrons. The fourth-order valence-corrected chi connectivity index (χ4v) is 2.68. The second kappa shape index (κ2) is 6.91. The summed E-state index contributed by atoms with van der Waals surface area (Å²) >= 11 is 0. The van der Waals surface area contributed by atoms with Crippen LogP contribution in [0.4, 0.5) is 0 Å². The molecule has 21 heavy (non-hydrogen) atoms. The van der Waals surface area contributed by atoms with Crippen LogP contribution in [0.2, 0.25) is 0 Å². The molecule has 1 saturated heterocycles. The fourth-order valence-electron chi connectivity index (χ4n) is 2.68. The topological polar surface area (TPSA) is 70.0 Å². The van der Waals surface area contributed by atoms with E-state index in [-0.39, 0.29) is 12.2 Å². The van der Waals surface area contributed by atoms with Gasteiger partial charge in [0, 0.05) is 13.1 Å². The number of benzene rings is 1. The summed E-state index contributed by atoms with van der Waals surface area (Å²) in [4.78, 5) is 13.6. The van der Waals surface area contributed by atoms with Crippen LogP contribution in [0.15, 0.2) is 24.3 Å². The molecule has 0 aromatic heterocycles. The van der Waals surface area contributed by atoms with Crippen molar-refractivity contribution in [2.75, 3.05) is 13.1 Å². The first-order chi connectivity index (χ1) is 9.97. The lowest BCUT2D eigenvalue weighted by atomic mass is 10.0. The Morgan fingerprint density at radius 1 is 1.33 bits per heavy atom. The van der Waals surface area contributed by atoms with Crippen LogP contribution < -0.4 is 4.74 Å². The molecule has 0 bridgehead atoms. The molecule has 2 rings (SSSR count). The Hall–Kier alpha value is -1.59. The predicted octanol–water partition coefficient (Wildman–Crippen LogP) is 2.06. The van der Waals surface area contributed by atoms with Gasteiger partial charge in [0.15, 0.2) is 0 Å². The van der Waals surface area contributed by atoms with Crippen molar-refractivity contribution in [2.24, 2.45) is 0 Å². The zero-order chi connectivity index (χ0) is 15.4. The minimum absolute atomic E-state index is 0.0497. The van der Waals surface area contributed by atoms with Crippen LogP contribution >= 0.6 is 0 Å². The summed E-state index contributed by atoms with van der Waals surface area (Å²) in [5.74, 6) is -0.182. The molecular weight excluding hydrogens is 270 g/mol. The van der Waals surface area contributed by atoms with Gasteiger partial charge in [-0.25, -0.2) is 0 Å². The second-order valence-electron chi connectivity index (χ2n) is 5.75. The minimum Gasteiger partial charge on any atom is -0.491 e. The van der Waals surface area contributed by atoms with Crippen LogP contribution in [0.1, 0.15) is 38.3 Å². The number of aliphatic hydroxyl groups excluding tert-OH is 1. The molecule has 1 aliphatic rings. The fraction of sp³-hybridized carbons (Fsp3) is 0.562. The number of piperidine rings is 1. The molecule has 1 atom stereocenters. The van der Waals surface area contributed by atoms with E-state index in [1.54, 1.807) is 6.07 Å². The van der Waals surface area contributed by atoms with E-state index in [0.29, 0.717) is 31.7 Å². The van der Waals surface area contributed by atoms with Crippen LogP contribution in [-0.2, 0) is 4.79 Å². The van der Waals surface area contributed by atoms with E-state index in [2.05, 4.69) is 0 Å². The molecule has 1 fully saturated rings. The molecule has 1 unspecified atom stereocenters. The first kappa shape index (κ1) is 15.8. The monoisotopic (exact) mass is 293 g/mol. The Morgan fingerprint density at radius 3 is 2.57 bits per heavy atom. The van der Waals surface area contributed by atoms with Crippen LogP contribution in [0.5, 0.6) is 5.75 Å². The van der Waals surface area contributed by atoms with Gasteiger partial charge < -0.3 is 14.9 Å². The van der Waals surface area contributed by atoms with Gasteiger partial charge in [0.2, 0.25) is 0 Å². The lowest BCUT2D eigenvalue weighted by Crippen LogP contribution is -2.41. The molecule has 5 nitrogen and oxygen atoms in total. The summed E-state index contributed by atoms with van der Waals surface area (Å²) in [6.07, 6.45) is 0.970. The second-order valence-corrected chi connectivity index (χ2v) is 5.75. The average molecular weight is 293 g/mol. The maximum Gasteiger partial charge on any atom is 0.325 e. The van der Waals surface area contributed by atoms with Gasteiger partial charge in [-0.05, 0) is 44.4 Å². The maximum atomic E-state index is 11.7. The maximum absolute atomic E-state index is 11.7. The van der Waals surface area contributed by atoms with E-state index in [4.69, 9.17) is 4.74 Å². The van der Waals surface area contributed by atoms with Crippen molar-refractivity contribution >= 4 is 5.97 Å². The number of carbonyl (C=O) groups is 1. The number of rotatable bonds is 5. The van der Waals surface area contributed by atoms with Crippen LogP contribution in [0.25, 0.3) is 0 Å². The summed E-state index contributed by atoms with van der Waals surface area (Å²) in [6.45, 7) is 5.06. The number of aliphatic hydroxyl groups is 1. The van der Waals surface area contributed by atoms with Gasteiger partial charge >= 0.3 is 5.97 Å². The predicted molar refractivity (Wildman–Crippen MR) is 79.4 cm³/mol. The highest BCUT2D eigenvalue weighted by Gasteiger charge is 2.30. The van der Waals surface area contributed by atoms with Crippen LogP contribution in [-0.4, -0.2) is 46.4 Å². The lowest BCUT2D eigenvalue weighted by Gasteiger charge is -2.34. The van der Waals surface area contributed by atoms with Crippen molar-refractivity contribution in [1.29, 1.82) is 0 Å². The number of carboxylic acids is 1. The van der Waals surface area contributed by atoms with E-state index in [1.807, 2.05) is 36.9 Å². The summed E-state index contributed by atoms with van der Waals surface area (Å²) in [7, 11) is 0. The molecule has 0 saturated carbocycles. The molecule has 1 aliphatic heterocycles. The van der Waals surface area contributed by atoms with Gasteiger partial charge in [-0.15, -0.1) is 0 Å². The van der Waals surface area contributed by atoms with Crippen LogP contribution in [0.3, 0.4) is 0 Å². The highest BCUT2D eigenvalue weighted by molar-refractivity contribution is 5.75. The van der Waals surface area contributed by atoms with Crippen molar-refractivity contribution < 1.29 is 19.7 Å². The van der Waals surface area contributed by atoms with E-state index < -0.39 is 12.0 Å². The van der Waals surface area contributed by atoms with E-state index >= 15 is 0 Å². The van der Waals surface area contributed by atoms with E-state index in [9.17, 15) is 15.0 Å². The third-order valence-corrected chi connectivity index (χ3v) is 3.64. The number of hydrogen-bond acceptors (Lipinski definition) is 4. The van der Waals surface area contributed by atoms with Gasteiger partial charge in [0.25, 0.3) is 0 Å². The minimum atomic E-state index is -0.868. The Kier molecular flexibility index (Phi) is 5.20. The van der Waals surface area contributed by atoms with Gasteiger partial charge in [0.1, 0.15) is 11.8 Å². The zero-order valence-electron chi connectivity index (χ0n) is 12.5. The van der Waals surface area contributed by atoms with E-state index in [0.717, 1.165) is 5.56 Å². The Morgan fingerprint density at radius 2 is 2.00 bits per heavy atom. The van der Waals surface area contributed by atoms with Crippen molar-refractivity contribution in [3.63, 3.8) is 0 Å². The van der Waals surface area contributed by atoms with Gasteiger partial charge in [-0.3, -0.25) is 9.69 Å². The number of nitrogens with zero attached hydrogens (tertiary/aromatic N) is 1. The SMILES string of the molecule is CC(C)Oc1cccc(C(C(=O)O)N2CCC(O)CC2)c1. The number of ether oxygens (including phenoxy) is 1. The first-order valence-corrected chi connectivity index (χ1v) is 7.39. The number of likely N-dealkylation sites (tertiary alicyclic amines) is 1. The van der Waals surface area contributed by atoms with Gasteiger partial charge in [-0.2, -0.15) is 0 Å².